The van der Waals surface area contributed by atoms with Gasteiger partial charge in [0.15, 0.2) is 0 Å². The van der Waals surface area contributed by atoms with Crippen LogP contribution in [0.3, 0.4) is 0 Å². The standard InChI is InChI=1S/C13H17F2NO2/c1-9(16-13(18)6-3-7-17)8-10-11(14)4-2-5-12(10)15/h2,4-5,9,17H,3,6-8H2,1H3,(H,16,18). The molecule has 0 heterocycles. The lowest BCUT2D eigenvalue weighted by molar-refractivity contribution is -0.121. The van der Waals surface area contributed by atoms with E-state index in [4.69, 9.17) is 5.11 Å². The Morgan fingerprint density at radius 2 is 2.00 bits per heavy atom. The first kappa shape index (κ1) is 14.6. The van der Waals surface area contributed by atoms with E-state index >= 15 is 0 Å². The Hall–Kier alpha value is -1.49. The summed E-state index contributed by atoms with van der Waals surface area (Å²) in [5.74, 6) is -1.44. The van der Waals surface area contributed by atoms with E-state index in [9.17, 15) is 13.6 Å². The first-order valence-electron chi connectivity index (χ1n) is 5.87. The Balaban J connectivity index is 2.54. The van der Waals surface area contributed by atoms with Gasteiger partial charge in [0.05, 0.1) is 0 Å². The van der Waals surface area contributed by atoms with Crippen LogP contribution in [0.4, 0.5) is 8.78 Å². The molecule has 2 N–H and O–H groups in total. The molecule has 0 spiro atoms. The molecule has 0 saturated carbocycles. The molecule has 0 saturated heterocycles. The largest absolute Gasteiger partial charge is 0.396 e. The third kappa shape index (κ3) is 4.41. The summed E-state index contributed by atoms with van der Waals surface area (Å²) < 4.78 is 26.7. The van der Waals surface area contributed by atoms with Crippen molar-refractivity contribution in [3.8, 4) is 0 Å². The van der Waals surface area contributed by atoms with Gasteiger partial charge in [-0.3, -0.25) is 4.79 Å². The van der Waals surface area contributed by atoms with Crippen molar-refractivity contribution in [2.75, 3.05) is 6.61 Å². The van der Waals surface area contributed by atoms with Crippen molar-refractivity contribution in [1.29, 1.82) is 0 Å². The third-order valence-electron chi connectivity index (χ3n) is 2.54. The second-order valence-corrected chi connectivity index (χ2v) is 4.20. The van der Waals surface area contributed by atoms with Gasteiger partial charge >= 0.3 is 0 Å². The lowest BCUT2D eigenvalue weighted by atomic mass is 10.1. The number of rotatable bonds is 6. The first-order chi connectivity index (χ1) is 8.54. The summed E-state index contributed by atoms with van der Waals surface area (Å²) in [6.45, 7) is 1.63. The zero-order chi connectivity index (χ0) is 13.5. The average molecular weight is 257 g/mol. The van der Waals surface area contributed by atoms with E-state index in [1.54, 1.807) is 6.92 Å². The quantitative estimate of drug-likeness (QED) is 0.816. The number of hydrogen-bond donors (Lipinski definition) is 2. The fourth-order valence-electron chi connectivity index (χ4n) is 1.67. The van der Waals surface area contributed by atoms with Crippen LogP contribution in [-0.4, -0.2) is 23.7 Å². The molecule has 1 rings (SSSR count). The van der Waals surface area contributed by atoms with Gasteiger partial charge in [0.1, 0.15) is 11.6 Å². The third-order valence-corrected chi connectivity index (χ3v) is 2.54. The number of carbonyl (C=O) groups excluding carboxylic acids is 1. The van der Waals surface area contributed by atoms with Gasteiger partial charge in [0.25, 0.3) is 0 Å². The predicted octanol–water partition coefficient (Wildman–Crippen LogP) is 1.78. The number of hydrogen-bond acceptors (Lipinski definition) is 2. The summed E-state index contributed by atoms with van der Waals surface area (Å²) in [7, 11) is 0. The van der Waals surface area contributed by atoms with E-state index < -0.39 is 11.6 Å². The number of carbonyl (C=O) groups is 1. The van der Waals surface area contributed by atoms with Gasteiger partial charge in [-0.05, 0) is 31.9 Å². The minimum Gasteiger partial charge on any atom is -0.396 e. The molecule has 0 aliphatic rings. The lowest BCUT2D eigenvalue weighted by Gasteiger charge is -2.14. The summed E-state index contributed by atoms with van der Waals surface area (Å²) in [6.07, 6.45) is 0.691. The SMILES string of the molecule is CC(Cc1c(F)cccc1F)NC(=O)CCCO. The van der Waals surface area contributed by atoms with E-state index in [0.29, 0.717) is 6.42 Å². The summed E-state index contributed by atoms with van der Waals surface area (Å²) in [6, 6.07) is 3.33. The van der Waals surface area contributed by atoms with Gasteiger partial charge in [-0.1, -0.05) is 6.07 Å². The Labute approximate surface area is 105 Å². The first-order valence-corrected chi connectivity index (χ1v) is 5.87. The highest BCUT2D eigenvalue weighted by Crippen LogP contribution is 2.14. The maximum Gasteiger partial charge on any atom is 0.220 e. The maximum absolute atomic E-state index is 13.4. The highest BCUT2D eigenvalue weighted by atomic mass is 19.1. The van der Waals surface area contributed by atoms with Gasteiger partial charge in [-0.15, -0.1) is 0 Å². The molecule has 1 unspecified atom stereocenters. The van der Waals surface area contributed by atoms with E-state index in [0.717, 1.165) is 0 Å². The van der Waals surface area contributed by atoms with Crippen LogP contribution in [-0.2, 0) is 11.2 Å². The van der Waals surface area contributed by atoms with E-state index in [2.05, 4.69) is 5.32 Å². The van der Waals surface area contributed by atoms with Crippen molar-refractivity contribution in [2.45, 2.75) is 32.2 Å². The second kappa shape index (κ2) is 7.06. The van der Waals surface area contributed by atoms with Crippen molar-refractivity contribution >= 4 is 5.91 Å². The van der Waals surface area contributed by atoms with Gasteiger partial charge in [-0.25, -0.2) is 8.78 Å². The van der Waals surface area contributed by atoms with Gasteiger partial charge in [-0.2, -0.15) is 0 Å². The lowest BCUT2D eigenvalue weighted by Crippen LogP contribution is -2.34. The van der Waals surface area contributed by atoms with Gasteiger partial charge < -0.3 is 10.4 Å². The molecule has 1 amide bonds. The molecular weight excluding hydrogens is 240 g/mol. The van der Waals surface area contributed by atoms with Crippen molar-refractivity contribution in [3.05, 3.63) is 35.4 Å². The Morgan fingerprint density at radius 1 is 1.39 bits per heavy atom. The molecule has 100 valence electrons. The number of aliphatic hydroxyl groups excluding tert-OH is 1. The fourth-order valence-corrected chi connectivity index (χ4v) is 1.67. The summed E-state index contributed by atoms with van der Waals surface area (Å²) in [4.78, 5) is 11.4. The summed E-state index contributed by atoms with van der Waals surface area (Å²) in [5, 5.41) is 11.2. The highest BCUT2D eigenvalue weighted by Gasteiger charge is 2.13. The van der Waals surface area contributed by atoms with Gasteiger partial charge in [0, 0.05) is 24.6 Å². The molecular formula is C13H17F2NO2. The normalized spacial score (nSPS) is 12.2. The number of aliphatic hydroxyl groups is 1. The Morgan fingerprint density at radius 3 is 2.56 bits per heavy atom. The molecule has 5 heteroatoms. The van der Waals surface area contributed by atoms with E-state index in [-0.39, 0.29) is 37.0 Å². The molecule has 3 nitrogen and oxygen atoms in total. The van der Waals surface area contributed by atoms with Crippen LogP contribution in [0, 0.1) is 11.6 Å². The predicted molar refractivity (Wildman–Crippen MR) is 64.0 cm³/mol. The monoisotopic (exact) mass is 257 g/mol. The molecule has 0 aromatic heterocycles. The molecule has 0 radical (unpaired) electrons. The molecule has 0 aliphatic heterocycles. The molecule has 0 bridgehead atoms. The number of nitrogens with one attached hydrogen (secondary N) is 1. The minimum atomic E-state index is -0.605. The average Bonchev–Trinajstić information content (AvgIpc) is 2.31. The van der Waals surface area contributed by atoms with Crippen LogP contribution < -0.4 is 5.32 Å². The second-order valence-electron chi connectivity index (χ2n) is 4.20. The topological polar surface area (TPSA) is 49.3 Å². The molecule has 1 aromatic carbocycles. The van der Waals surface area contributed by atoms with Crippen molar-refractivity contribution < 1.29 is 18.7 Å². The highest BCUT2D eigenvalue weighted by molar-refractivity contribution is 5.76. The van der Waals surface area contributed by atoms with Crippen molar-refractivity contribution in [1.82, 2.24) is 5.32 Å². The van der Waals surface area contributed by atoms with Crippen LogP contribution in [0.25, 0.3) is 0 Å². The molecule has 0 aliphatic carbocycles. The van der Waals surface area contributed by atoms with Crippen LogP contribution in [0.15, 0.2) is 18.2 Å². The number of amides is 1. The smallest absolute Gasteiger partial charge is 0.220 e. The zero-order valence-electron chi connectivity index (χ0n) is 10.2. The van der Waals surface area contributed by atoms with E-state index in [1.165, 1.54) is 18.2 Å². The van der Waals surface area contributed by atoms with Crippen LogP contribution >= 0.6 is 0 Å². The number of benzene rings is 1. The van der Waals surface area contributed by atoms with Crippen LogP contribution in [0.2, 0.25) is 0 Å². The van der Waals surface area contributed by atoms with Crippen molar-refractivity contribution in [2.24, 2.45) is 0 Å². The summed E-state index contributed by atoms with van der Waals surface area (Å²) in [5.41, 5.74) is -0.0209. The minimum absolute atomic E-state index is 0.0209. The molecule has 1 atom stereocenters. The van der Waals surface area contributed by atoms with Gasteiger partial charge in [0.2, 0.25) is 5.91 Å². The van der Waals surface area contributed by atoms with Crippen molar-refractivity contribution in [3.63, 3.8) is 0 Å². The Bertz CT molecular complexity index is 390. The molecule has 18 heavy (non-hydrogen) atoms. The Kier molecular flexibility index (Phi) is 5.71. The zero-order valence-corrected chi connectivity index (χ0v) is 10.2. The van der Waals surface area contributed by atoms with Crippen LogP contribution in [0.5, 0.6) is 0 Å². The fraction of sp³-hybridized carbons (Fsp3) is 0.462. The molecule has 1 aromatic rings. The maximum atomic E-state index is 13.4. The van der Waals surface area contributed by atoms with Crippen LogP contribution in [0.1, 0.15) is 25.3 Å². The molecule has 0 fully saturated rings. The number of halogens is 2. The summed E-state index contributed by atoms with van der Waals surface area (Å²) >= 11 is 0. The van der Waals surface area contributed by atoms with E-state index in [1.807, 2.05) is 0 Å².